The van der Waals surface area contributed by atoms with Crippen molar-refractivity contribution >= 4 is 161 Å². The monoisotopic (exact) mass is 2050 g/mol. The molecule has 0 spiro atoms. The van der Waals surface area contributed by atoms with E-state index in [0.717, 1.165) is 6.92 Å². The highest BCUT2D eigenvalue weighted by Crippen LogP contribution is 2.20. The molecule has 0 aliphatic carbocycles. The summed E-state index contributed by atoms with van der Waals surface area (Å²) in [6.07, 6.45) is -3.00. The van der Waals surface area contributed by atoms with Crippen molar-refractivity contribution in [2.45, 2.75) is 273 Å². The largest absolute Gasteiger partial charge is 0.480 e. The number of benzene rings is 1. The molecule has 53 nitrogen and oxygen atoms in total. The Morgan fingerprint density at radius 3 is 1.11 bits per heavy atom. The number of nitrogens with zero attached hydrogens (tertiary/aromatic N) is 1. The number of aliphatic hydroxyl groups excluding tert-OH is 2. The van der Waals surface area contributed by atoms with Gasteiger partial charge in [-0.2, -0.15) is 25.3 Å². The summed E-state index contributed by atoms with van der Waals surface area (Å²) in [6, 6.07) is -17.6. The predicted molar refractivity (Wildman–Crippen MR) is 518 cm³/mol. The van der Waals surface area contributed by atoms with Gasteiger partial charge in [0.1, 0.15) is 97.2 Å². The van der Waals surface area contributed by atoms with E-state index in [9.17, 15) is 120 Å². The molecule has 798 valence electrons. The van der Waals surface area contributed by atoms with E-state index in [1.54, 1.807) is 44.2 Å². The molecule has 1 saturated heterocycles. The van der Waals surface area contributed by atoms with Crippen LogP contribution in [0.15, 0.2) is 30.3 Å². The fourth-order valence-corrected chi connectivity index (χ4v) is 14.6. The number of aliphatic carboxylic acids is 1. The number of likely N-dealkylation sites (tertiary alicyclic amines) is 1. The van der Waals surface area contributed by atoms with Crippen molar-refractivity contribution in [2.24, 2.45) is 63.6 Å². The van der Waals surface area contributed by atoms with Crippen molar-refractivity contribution in [3.05, 3.63) is 35.9 Å². The average Bonchev–Trinajstić information content (AvgIpc) is 1.72. The Hall–Kier alpha value is -12.6. The van der Waals surface area contributed by atoms with Gasteiger partial charge in [0.15, 0.2) is 0 Å². The number of unbranched alkanes of at least 4 members (excludes halogenated alkanes) is 4. The number of carbonyl (C=O) groups is 23. The molecule has 1 aliphatic rings. The van der Waals surface area contributed by atoms with E-state index in [-0.39, 0.29) is 116 Å². The zero-order valence-corrected chi connectivity index (χ0v) is 82.8. The van der Waals surface area contributed by atoms with Crippen LogP contribution in [0.4, 0.5) is 0 Å². The Morgan fingerprint density at radius 1 is 0.380 bits per heavy atom. The first kappa shape index (κ1) is 126. The Kier molecular flexibility index (Phi) is 59.2. The Morgan fingerprint density at radius 2 is 0.718 bits per heavy atom. The second-order valence-electron chi connectivity index (χ2n) is 35.1. The number of nitrogens with two attached hydrogens (primary N) is 8. The molecule has 0 bridgehead atoms. The molecular formula is C87H147N27O26S2. The molecule has 0 saturated carbocycles. The van der Waals surface area contributed by atoms with Crippen LogP contribution in [0.1, 0.15) is 170 Å². The number of aliphatic hydroxyl groups is 2. The van der Waals surface area contributed by atoms with E-state index >= 15 is 0 Å². The first-order valence-electron chi connectivity index (χ1n) is 46.8. The van der Waals surface area contributed by atoms with Crippen LogP contribution in [0, 0.1) is 17.8 Å². The molecule has 22 amide bonds. The lowest BCUT2D eigenvalue weighted by molar-refractivity contribution is -0.140. The lowest BCUT2D eigenvalue weighted by Crippen LogP contribution is -2.63. The Bertz CT molecular complexity index is 4410. The highest BCUT2D eigenvalue weighted by molar-refractivity contribution is 7.80. The van der Waals surface area contributed by atoms with Gasteiger partial charge in [0.2, 0.25) is 130 Å². The number of hydrogen-bond acceptors (Lipinski definition) is 32. The van der Waals surface area contributed by atoms with Gasteiger partial charge in [-0.3, -0.25) is 110 Å². The first-order chi connectivity index (χ1) is 67.0. The summed E-state index contributed by atoms with van der Waals surface area (Å²) in [7, 11) is 0. The third-order valence-corrected chi connectivity index (χ3v) is 22.8. The maximum Gasteiger partial charge on any atom is 0.322 e. The molecule has 1 aromatic carbocycles. The third-order valence-electron chi connectivity index (χ3n) is 22.0. The molecule has 142 heavy (non-hydrogen) atoms. The summed E-state index contributed by atoms with van der Waals surface area (Å²) in [5.74, 6) is -26.7. The van der Waals surface area contributed by atoms with Crippen molar-refractivity contribution in [1.29, 1.82) is 0 Å². The van der Waals surface area contributed by atoms with Crippen LogP contribution in [-0.2, 0) is 117 Å². The SMILES string of the molecule is CC(C)C[C@H](NC(=O)[C@H](CC(N)=O)NC(=O)[C@@H](NC(=O)[C@H](CO)NC(=O)[C@H](CCCCN)NC(=O)[C@H](CCCCN)NC(=O)[C@@H]1CCCN1C(=O)CNC(=O)[C@@H](N)CS)[C@@H](C)O)C(=O)N[C@H](C(=O)N[C@@H](CCCCN)C(=O)N[C@@H](CC(N)=O)C(=O)N[C@@H](CCCCN)C(=O)N[C@@H](CS)C(=O)N[C@H](C(=O)N[C@@H](CC(N)=O)C(=O)N[C@@H](Cc1ccccc1)C(=O)NCC(=O)NCC(=O)NCC(=O)O)C(C)C)C(C)C. The topological polar surface area (TPSA) is 881 Å². The number of nitrogens with one attached hydrogen (secondary N) is 18. The molecule has 1 heterocycles. The van der Waals surface area contributed by atoms with Gasteiger partial charge in [-0.05, 0) is 153 Å². The van der Waals surface area contributed by atoms with Crippen LogP contribution in [-0.4, -0.2) is 336 Å². The van der Waals surface area contributed by atoms with E-state index in [0.29, 0.717) is 31.2 Å². The van der Waals surface area contributed by atoms with Gasteiger partial charge in [0.05, 0.1) is 57.6 Å². The summed E-state index contributed by atoms with van der Waals surface area (Å²) in [5, 5.41) is 73.5. The summed E-state index contributed by atoms with van der Waals surface area (Å²) in [4.78, 5) is 314. The summed E-state index contributed by atoms with van der Waals surface area (Å²) < 4.78 is 0. The van der Waals surface area contributed by atoms with Gasteiger partial charge in [-0.1, -0.05) is 71.9 Å². The number of carboxylic acids is 1. The minimum atomic E-state index is -2.06. The van der Waals surface area contributed by atoms with Gasteiger partial charge in [-0.15, -0.1) is 0 Å². The molecule has 1 fully saturated rings. The number of thiol groups is 2. The van der Waals surface area contributed by atoms with E-state index in [4.69, 9.17) is 51.0 Å². The third kappa shape index (κ3) is 47.4. The van der Waals surface area contributed by atoms with Crippen LogP contribution in [0.5, 0.6) is 0 Å². The number of hydrogen-bond donors (Lipinski definition) is 31. The van der Waals surface area contributed by atoms with Crippen LogP contribution in [0.25, 0.3) is 0 Å². The molecule has 0 radical (unpaired) electrons. The van der Waals surface area contributed by atoms with E-state index < -0.39 is 314 Å². The van der Waals surface area contributed by atoms with Crippen LogP contribution < -0.4 is 142 Å². The molecule has 0 aromatic heterocycles. The van der Waals surface area contributed by atoms with Gasteiger partial charge < -0.3 is 162 Å². The van der Waals surface area contributed by atoms with Crippen molar-refractivity contribution < 1.29 is 126 Å². The van der Waals surface area contributed by atoms with E-state index in [1.807, 2.05) is 5.32 Å². The van der Waals surface area contributed by atoms with Crippen molar-refractivity contribution in [1.82, 2.24) is 101 Å². The van der Waals surface area contributed by atoms with Crippen LogP contribution >= 0.6 is 25.3 Å². The number of primary amides is 3. The minimum Gasteiger partial charge on any atom is -0.480 e. The first-order valence-corrected chi connectivity index (χ1v) is 48.1. The van der Waals surface area contributed by atoms with Crippen LogP contribution in [0.2, 0.25) is 0 Å². The number of rotatable bonds is 70. The lowest BCUT2D eigenvalue weighted by Gasteiger charge is -2.30. The van der Waals surface area contributed by atoms with Gasteiger partial charge in [-0.25, -0.2) is 0 Å². The molecule has 55 heteroatoms. The number of carbonyl (C=O) groups excluding carboxylic acids is 22. The predicted octanol–water partition coefficient (Wildman–Crippen LogP) is -12.4. The Labute approximate surface area is 833 Å². The second kappa shape index (κ2) is 67.0. The molecule has 17 atom stereocenters. The van der Waals surface area contributed by atoms with E-state index in [1.165, 1.54) is 32.6 Å². The number of carboxylic acid groups (broad SMARTS) is 1. The fraction of sp³-hybridized carbons (Fsp3) is 0.667. The summed E-state index contributed by atoms with van der Waals surface area (Å²) in [6.45, 7) is 7.13. The van der Waals surface area contributed by atoms with Gasteiger partial charge >= 0.3 is 5.97 Å². The standard InChI is InChI=1S/C87H147N27O26S2/c1-44(2)32-54(104-79(132)58(36-64(95)119)108-87(140)71(47(7)116)113-82(135)59(41-115)109-76(129)50(22-11-15-27-88)100-74(127)52(24-13-17-29-90)102-84(137)61-26-19-31-114(61)67(122)39-99-72(125)49(92)42-141)81(134)111-69(45(3)4)85(138)103-53(25-14-18-30-91)75(128)106-56(34-62(93)117)78(131)101-51(23-12-16-28-89)77(130)110-60(43-142)83(136)112-70(46(5)6)86(139)107-57(35-63(94)118)80(133)105-55(33-48-20-9-8-10-21-48)73(126)98-38-66(121)96-37-65(120)97-40-68(123)124/h8-10,20-21,44-47,49-61,69-71,115-116,141-142H,11-19,22-43,88-92H2,1-7H3,(H2,93,117)(H2,94,118)(H2,95,119)(H,96,121)(H,97,120)(H,98,126)(H,99,125)(H,100,127)(H,101,131)(H,102,137)(H,103,138)(H,104,132)(H,105,133)(H,106,128)(H,107,139)(H,108,140)(H,109,129)(H,110,130)(H,111,134)(H,112,136)(H,113,135)(H,123,124)/t47-,49+,50+,51+,52+,53+,54+,55+,56+,57+,58+,59+,60+,61+,69+,70+,71+/m1/s1. The average molecular weight is 2050 g/mol. The van der Waals surface area contributed by atoms with Crippen molar-refractivity contribution in [3.8, 4) is 0 Å². The van der Waals surface area contributed by atoms with Gasteiger partial charge in [0, 0.05) is 24.5 Å². The zero-order valence-electron chi connectivity index (χ0n) is 81.0. The lowest BCUT2D eigenvalue weighted by atomic mass is 9.98. The zero-order chi connectivity index (χ0) is 107. The highest BCUT2D eigenvalue weighted by Gasteiger charge is 2.43. The maximum absolute atomic E-state index is 14.6. The smallest absolute Gasteiger partial charge is 0.322 e. The van der Waals surface area contributed by atoms with Gasteiger partial charge in [0.25, 0.3) is 0 Å². The molecule has 1 aromatic rings. The molecule has 0 unspecified atom stereocenters. The van der Waals surface area contributed by atoms with E-state index in [2.05, 4.69) is 116 Å². The quantitative estimate of drug-likeness (QED) is 0.0213. The molecule has 2 rings (SSSR count). The minimum absolute atomic E-state index is 0.00363. The second-order valence-corrected chi connectivity index (χ2v) is 35.8. The number of amides is 22. The normalized spacial score (nSPS) is 15.6. The summed E-state index contributed by atoms with van der Waals surface area (Å²) in [5.41, 5.74) is 46.0. The maximum atomic E-state index is 14.6. The molecular weight excluding hydrogens is 1900 g/mol. The molecule has 37 N–H and O–H groups in total. The fourth-order valence-electron chi connectivity index (χ4n) is 14.2. The van der Waals surface area contributed by atoms with Crippen molar-refractivity contribution in [3.63, 3.8) is 0 Å². The van der Waals surface area contributed by atoms with Crippen molar-refractivity contribution in [2.75, 3.05) is 77.0 Å². The summed E-state index contributed by atoms with van der Waals surface area (Å²) >= 11 is 8.26. The van der Waals surface area contributed by atoms with Crippen LogP contribution in [0.3, 0.4) is 0 Å². The highest BCUT2D eigenvalue weighted by atomic mass is 32.1. The Balaban J connectivity index is 2.44. The molecule has 1 aliphatic heterocycles.